The topological polar surface area (TPSA) is 95.5 Å². The Balaban J connectivity index is 2.24. The highest BCUT2D eigenvalue weighted by Gasteiger charge is 2.22. The molecule has 0 aliphatic heterocycles. The number of hydrogen-bond donors (Lipinski definition) is 3. The third kappa shape index (κ3) is 4.44. The molecule has 6 nitrogen and oxygen atoms in total. The lowest BCUT2D eigenvalue weighted by molar-refractivity contribution is 0.0696. The molecule has 2 rings (SSSR count). The van der Waals surface area contributed by atoms with E-state index in [4.69, 9.17) is 11.6 Å². The summed E-state index contributed by atoms with van der Waals surface area (Å²) >= 11 is 6.01. The van der Waals surface area contributed by atoms with Gasteiger partial charge < -0.3 is 5.11 Å². The average molecular weight is 361 g/mol. The summed E-state index contributed by atoms with van der Waals surface area (Å²) in [5.41, 5.74) is 3.13. The number of hydrogen-bond acceptors (Lipinski definition) is 4. The van der Waals surface area contributed by atoms with E-state index in [1.807, 2.05) is 0 Å². The van der Waals surface area contributed by atoms with Gasteiger partial charge in [0, 0.05) is 6.04 Å². The highest BCUT2D eigenvalue weighted by atomic mass is 35.5. The summed E-state index contributed by atoms with van der Waals surface area (Å²) in [5, 5.41) is 9.28. The molecule has 1 aromatic carbocycles. The largest absolute Gasteiger partial charge is 0.478 e. The molecule has 1 aromatic rings. The van der Waals surface area contributed by atoms with Gasteiger partial charge in [-0.2, -0.15) is 0 Å². The summed E-state index contributed by atoms with van der Waals surface area (Å²) < 4.78 is 24.8. The molecule has 1 fully saturated rings. The Labute approximate surface area is 141 Å². The Morgan fingerprint density at radius 3 is 2.52 bits per heavy atom. The lowest BCUT2D eigenvalue weighted by Gasteiger charge is -2.23. The molecule has 128 valence electrons. The second-order valence-electron chi connectivity index (χ2n) is 5.69. The first-order valence-corrected chi connectivity index (χ1v) is 9.54. The number of carboxylic acids is 1. The van der Waals surface area contributed by atoms with Crippen LogP contribution in [0.4, 0.5) is 0 Å². The predicted molar refractivity (Wildman–Crippen MR) is 88.1 cm³/mol. The van der Waals surface area contributed by atoms with Gasteiger partial charge in [0.05, 0.1) is 15.5 Å². The number of carboxylic acid groups (broad SMARTS) is 1. The minimum atomic E-state index is -3.85. The number of benzene rings is 1. The van der Waals surface area contributed by atoms with Crippen molar-refractivity contribution in [2.75, 3.05) is 0 Å². The summed E-state index contributed by atoms with van der Waals surface area (Å²) in [6.07, 6.45) is 5.60. The highest BCUT2D eigenvalue weighted by molar-refractivity contribution is 7.89. The smallest absolute Gasteiger partial charge is 0.337 e. The molecule has 8 heteroatoms. The fourth-order valence-electron chi connectivity index (χ4n) is 2.69. The zero-order chi connectivity index (χ0) is 17.0. The number of sulfonamides is 1. The molecular formula is C15H21ClN2O4S. The molecule has 1 aliphatic carbocycles. The van der Waals surface area contributed by atoms with Gasteiger partial charge in [0.25, 0.3) is 10.0 Å². The predicted octanol–water partition coefficient (Wildman–Crippen LogP) is 2.72. The molecule has 23 heavy (non-hydrogen) atoms. The van der Waals surface area contributed by atoms with E-state index >= 15 is 0 Å². The van der Waals surface area contributed by atoms with Crippen LogP contribution < -0.4 is 10.3 Å². The van der Waals surface area contributed by atoms with E-state index in [2.05, 4.69) is 10.3 Å². The molecule has 0 atom stereocenters. The molecule has 3 N–H and O–H groups in total. The van der Waals surface area contributed by atoms with E-state index in [-0.39, 0.29) is 21.5 Å². The number of hydrazine groups is 1. The van der Waals surface area contributed by atoms with Gasteiger partial charge in [-0.1, -0.05) is 37.8 Å². The maximum Gasteiger partial charge on any atom is 0.337 e. The van der Waals surface area contributed by atoms with Crippen molar-refractivity contribution < 1.29 is 18.3 Å². The molecule has 0 radical (unpaired) electrons. The van der Waals surface area contributed by atoms with E-state index < -0.39 is 16.0 Å². The summed E-state index contributed by atoms with van der Waals surface area (Å²) in [4.78, 5) is 13.5. The van der Waals surface area contributed by atoms with Gasteiger partial charge in [-0.05, 0) is 37.0 Å². The van der Waals surface area contributed by atoms with Gasteiger partial charge in [-0.3, -0.25) is 0 Å². The highest BCUT2D eigenvalue weighted by Crippen LogP contribution is 2.26. The Morgan fingerprint density at radius 1 is 1.30 bits per heavy atom. The number of rotatable bonds is 6. The lowest BCUT2D eigenvalue weighted by Crippen LogP contribution is -2.45. The summed E-state index contributed by atoms with van der Waals surface area (Å²) in [7, 11) is -3.85. The van der Waals surface area contributed by atoms with Crippen LogP contribution in [0.1, 0.15) is 54.9 Å². The zero-order valence-corrected chi connectivity index (χ0v) is 14.5. The summed E-state index contributed by atoms with van der Waals surface area (Å²) in [6, 6.07) is 2.62. The Bertz CT molecular complexity index is 685. The van der Waals surface area contributed by atoms with Crippen molar-refractivity contribution >= 4 is 27.6 Å². The Morgan fingerprint density at radius 2 is 1.96 bits per heavy atom. The van der Waals surface area contributed by atoms with Crippen LogP contribution in [0.3, 0.4) is 0 Å². The molecular weight excluding hydrogens is 340 g/mol. The molecule has 1 aliphatic rings. The zero-order valence-electron chi connectivity index (χ0n) is 12.9. The van der Waals surface area contributed by atoms with Crippen molar-refractivity contribution in [2.24, 2.45) is 0 Å². The Kier molecular flexibility index (Phi) is 6.02. The fourth-order valence-corrected chi connectivity index (χ4v) is 4.02. The standard InChI is InChI=1S/C15H21ClN2O4S/c1-2-10-8-12(9-13(14(10)16)15(19)20)23(21,22)18-17-11-6-4-3-5-7-11/h8-9,11,17-18H,2-7H2,1H3,(H,19,20). The minimum absolute atomic E-state index is 0.0826. The molecule has 1 saturated carbocycles. The number of aryl methyl sites for hydroxylation is 1. The van der Waals surface area contributed by atoms with Crippen LogP contribution in [-0.4, -0.2) is 25.5 Å². The summed E-state index contributed by atoms with van der Waals surface area (Å²) in [6.45, 7) is 1.79. The van der Waals surface area contributed by atoms with Gasteiger partial charge in [0.15, 0.2) is 0 Å². The summed E-state index contributed by atoms with van der Waals surface area (Å²) in [5.74, 6) is -1.25. The number of carbonyl (C=O) groups is 1. The molecule has 0 heterocycles. The minimum Gasteiger partial charge on any atom is -0.478 e. The first-order chi connectivity index (χ1) is 10.8. The number of aromatic carboxylic acids is 1. The monoisotopic (exact) mass is 360 g/mol. The van der Waals surface area contributed by atoms with Crippen LogP contribution >= 0.6 is 11.6 Å². The quantitative estimate of drug-likeness (QED) is 0.678. The van der Waals surface area contributed by atoms with Crippen LogP contribution in [0, 0.1) is 0 Å². The van der Waals surface area contributed by atoms with Crippen molar-refractivity contribution in [3.05, 3.63) is 28.3 Å². The van der Waals surface area contributed by atoms with Crippen molar-refractivity contribution in [3.63, 3.8) is 0 Å². The van der Waals surface area contributed by atoms with Gasteiger partial charge in [0.1, 0.15) is 0 Å². The van der Waals surface area contributed by atoms with Crippen LogP contribution in [-0.2, 0) is 16.4 Å². The van der Waals surface area contributed by atoms with Gasteiger partial charge in [-0.15, -0.1) is 4.83 Å². The Hall–Kier alpha value is -1.15. The molecule has 0 bridgehead atoms. The third-order valence-electron chi connectivity index (χ3n) is 4.05. The number of halogens is 1. The maximum absolute atomic E-state index is 12.4. The molecule has 0 unspecified atom stereocenters. The second-order valence-corrected chi connectivity index (χ2v) is 7.75. The van der Waals surface area contributed by atoms with Gasteiger partial charge >= 0.3 is 5.97 Å². The maximum atomic E-state index is 12.4. The first-order valence-electron chi connectivity index (χ1n) is 7.68. The second kappa shape index (κ2) is 7.61. The lowest BCUT2D eigenvalue weighted by atomic mass is 9.96. The molecule has 0 aromatic heterocycles. The fraction of sp³-hybridized carbons (Fsp3) is 0.533. The van der Waals surface area contributed by atoms with E-state index in [0.29, 0.717) is 12.0 Å². The average Bonchev–Trinajstić information content (AvgIpc) is 2.53. The van der Waals surface area contributed by atoms with E-state index in [0.717, 1.165) is 31.7 Å². The molecule has 0 spiro atoms. The van der Waals surface area contributed by atoms with Gasteiger partial charge in [-0.25, -0.2) is 18.6 Å². The molecule has 0 amide bonds. The van der Waals surface area contributed by atoms with E-state index in [1.54, 1.807) is 6.92 Å². The van der Waals surface area contributed by atoms with Crippen molar-refractivity contribution in [1.82, 2.24) is 10.3 Å². The van der Waals surface area contributed by atoms with E-state index in [9.17, 15) is 18.3 Å². The molecule has 0 saturated heterocycles. The van der Waals surface area contributed by atoms with Crippen molar-refractivity contribution in [2.45, 2.75) is 56.4 Å². The van der Waals surface area contributed by atoms with Crippen LogP contribution in [0.25, 0.3) is 0 Å². The van der Waals surface area contributed by atoms with Gasteiger partial charge in [0.2, 0.25) is 0 Å². The van der Waals surface area contributed by atoms with Crippen LogP contribution in [0.2, 0.25) is 5.02 Å². The SMILES string of the molecule is CCc1cc(S(=O)(=O)NNC2CCCCC2)cc(C(=O)O)c1Cl. The number of nitrogens with one attached hydrogen (secondary N) is 2. The van der Waals surface area contributed by atoms with Crippen LogP contribution in [0.15, 0.2) is 17.0 Å². The van der Waals surface area contributed by atoms with Crippen molar-refractivity contribution in [1.29, 1.82) is 0 Å². The van der Waals surface area contributed by atoms with Crippen LogP contribution in [0.5, 0.6) is 0 Å². The van der Waals surface area contributed by atoms with E-state index in [1.165, 1.54) is 12.5 Å². The normalized spacial score (nSPS) is 16.4. The van der Waals surface area contributed by atoms with Crippen molar-refractivity contribution in [3.8, 4) is 0 Å². The third-order valence-corrected chi connectivity index (χ3v) is 5.73. The first kappa shape index (κ1) is 18.2.